The number of aliphatic hydroxyl groups excluding tert-OH is 1. The highest BCUT2D eigenvalue weighted by Gasteiger charge is 2.31. The summed E-state index contributed by atoms with van der Waals surface area (Å²) in [6, 6.07) is 0.684. The molecule has 3 aliphatic rings. The number of phenolic OH excluding ortho intramolecular Hbond substituents is 1. The third-order valence-electron chi connectivity index (χ3n) is 9.06. The van der Waals surface area contributed by atoms with E-state index in [4.69, 9.17) is 9.47 Å². The number of aromatic hydroxyl groups is 1. The molecular formula is C38H49N3O8S. The topological polar surface area (TPSA) is 163 Å². The van der Waals surface area contributed by atoms with Crippen LogP contribution < -0.4 is 16.0 Å². The van der Waals surface area contributed by atoms with Gasteiger partial charge in [0.2, 0.25) is 17.7 Å². The molecule has 0 radical (unpaired) electrons. The predicted octanol–water partition coefficient (Wildman–Crippen LogP) is 5.65. The molecule has 0 fully saturated rings. The number of esters is 1. The number of methoxy groups -OCH3 is 1. The maximum Gasteiger partial charge on any atom is 0.328 e. The number of carbonyl (C=O) groups excluding carboxylic acids is 4. The SMILES string of the molecule is CO[C@H]1C=CC=CC=CC[C@H](OC(=O)[C@H](C)NC(=O)C2=CCCCC2)[C@@H](C)[C@@H](O)C(C)=CCCc2c(O)c(cc3c2SCC(=O)N3)NC(=O)C1. The minimum atomic E-state index is -0.959. The monoisotopic (exact) mass is 707 g/mol. The van der Waals surface area contributed by atoms with E-state index < -0.39 is 36.2 Å². The summed E-state index contributed by atoms with van der Waals surface area (Å²) in [6.45, 7) is 5.21. The van der Waals surface area contributed by atoms with Crippen LogP contribution in [0, 0.1) is 5.92 Å². The van der Waals surface area contributed by atoms with Crippen molar-refractivity contribution in [2.24, 2.45) is 5.92 Å². The van der Waals surface area contributed by atoms with E-state index in [0.29, 0.717) is 48.1 Å². The zero-order chi connectivity index (χ0) is 36.2. The van der Waals surface area contributed by atoms with Crippen molar-refractivity contribution >= 4 is 46.8 Å². The molecule has 0 aromatic heterocycles. The van der Waals surface area contributed by atoms with Crippen molar-refractivity contribution in [3.63, 3.8) is 0 Å². The van der Waals surface area contributed by atoms with Gasteiger partial charge in [-0.15, -0.1) is 11.8 Å². The van der Waals surface area contributed by atoms with Gasteiger partial charge < -0.3 is 35.6 Å². The first-order valence-electron chi connectivity index (χ1n) is 17.2. The summed E-state index contributed by atoms with van der Waals surface area (Å²) >= 11 is 1.32. The molecule has 11 nitrogen and oxygen atoms in total. The van der Waals surface area contributed by atoms with E-state index in [1.165, 1.54) is 18.9 Å². The van der Waals surface area contributed by atoms with Gasteiger partial charge in [-0.05, 0) is 64.0 Å². The molecule has 1 aromatic rings. The molecule has 1 aliphatic carbocycles. The number of aliphatic hydroxyl groups is 1. The molecule has 0 unspecified atom stereocenters. The predicted molar refractivity (Wildman–Crippen MR) is 195 cm³/mol. The summed E-state index contributed by atoms with van der Waals surface area (Å²) in [4.78, 5) is 51.9. The van der Waals surface area contributed by atoms with Crippen LogP contribution in [0.2, 0.25) is 0 Å². The van der Waals surface area contributed by atoms with Gasteiger partial charge >= 0.3 is 5.97 Å². The van der Waals surface area contributed by atoms with E-state index in [2.05, 4.69) is 16.0 Å². The number of thioether (sulfide) groups is 1. The molecular weight excluding hydrogens is 658 g/mol. The van der Waals surface area contributed by atoms with E-state index in [-0.39, 0.29) is 41.3 Å². The van der Waals surface area contributed by atoms with Crippen LogP contribution in [-0.4, -0.2) is 71.1 Å². The first kappa shape index (κ1) is 38.7. The molecule has 12 heteroatoms. The molecule has 270 valence electrons. The molecule has 1 aromatic carbocycles. The van der Waals surface area contributed by atoms with Gasteiger partial charge in [-0.1, -0.05) is 55.5 Å². The fraction of sp³-hybridized carbons (Fsp3) is 0.474. The average molecular weight is 708 g/mol. The molecule has 4 rings (SSSR count). The van der Waals surface area contributed by atoms with Crippen LogP contribution >= 0.6 is 11.8 Å². The fourth-order valence-electron chi connectivity index (χ4n) is 6.04. The number of amides is 3. The highest BCUT2D eigenvalue weighted by atomic mass is 32.2. The molecule has 3 amide bonds. The van der Waals surface area contributed by atoms with Gasteiger partial charge in [0.1, 0.15) is 17.9 Å². The number of phenols is 1. The van der Waals surface area contributed by atoms with E-state index in [9.17, 15) is 29.4 Å². The molecule has 0 saturated carbocycles. The van der Waals surface area contributed by atoms with Gasteiger partial charge in [0.15, 0.2) is 0 Å². The van der Waals surface area contributed by atoms with Crippen molar-refractivity contribution in [3.05, 3.63) is 71.4 Å². The Kier molecular flexibility index (Phi) is 14.5. The van der Waals surface area contributed by atoms with Crippen LogP contribution in [0.5, 0.6) is 5.75 Å². The Morgan fingerprint density at radius 2 is 1.78 bits per heavy atom. The second-order valence-corrected chi connectivity index (χ2v) is 13.8. The summed E-state index contributed by atoms with van der Waals surface area (Å²) in [7, 11) is 1.50. The first-order chi connectivity index (χ1) is 24.0. The largest absolute Gasteiger partial charge is 0.505 e. The smallest absolute Gasteiger partial charge is 0.328 e. The Labute approximate surface area is 298 Å². The lowest BCUT2D eigenvalue weighted by Gasteiger charge is -2.29. The number of allylic oxidation sites excluding steroid dienone is 6. The summed E-state index contributed by atoms with van der Waals surface area (Å²) in [6.07, 6.45) is 16.9. The zero-order valence-corrected chi connectivity index (χ0v) is 30.0. The molecule has 2 heterocycles. The van der Waals surface area contributed by atoms with Crippen LogP contribution in [0.25, 0.3) is 0 Å². The first-order valence-corrected chi connectivity index (χ1v) is 18.2. The molecule has 2 aliphatic heterocycles. The van der Waals surface area contributed by atoms with Gasteiger partial charge in [-0.3, -0.25) is 14.4 Å². The minimum absolute atomic E-state index is 0.00905. The molecule has 2 bridgehead atoms. The number of hydrogen-bond acceptors (Lipinski definition) is 9. The number of rotatable bonds is 5. The number of anilines is 2. The zero-order valence-electron chi connectivity index (χ0n) is 29.2. The number of nitrogens with one attached hydrogen (secondary N) is 3. The lowest BCUT2D eigenvalue weighted by atomic mass is 9.90. The quantitative estimate of drug-likeness (QED) is 0.113. The number of hydrogen-bond donors (Lipinski definition) is 5. The highest BCUT2D eigenvalue weighted by molar-refractivity contribution is 8.00. The Bertz CT molecular complexity index is 1580. The van der Waals surface area contributed by atoms with Crippen LogP contribution in [0.15, 0.2) is 70.7 Å². The van der Waals surface area contributed by atoms with Crippen molar-refractivity contribution in [1.29, 1.82) is 0 Å². The van der Waals surface area contributed by atoms with Crippen molar-refractivity contribution in [1.82, 2.24) is 5.32 Å². The van der Waals surface area contributed by atoms with Gasteiger partial charge in [0.05, 0.1) is 35.8 Å². The molecule has 50 heavy (non-hydrogen) atoms. The average Bonchev–Trinajstić information content (AvgIpc) is 3.10. The van der Waals surface area contributed by atoms with Gasteiger partial charge in [0.25, 0.3) is 0 Å². The van der Waals surface area contributed by atoms with Crippen molar-refractivity contribution in [2.45, 2.75) is 101 Å². The van der Waals surface area contributed by atoms with Gasteiger partial charge in [-0.2, -0.15) is 0 Å². The number of ether oxygens (including phenoxy) is 2. The lowest BCUT2D eigenvalue weighted by Crippen LogP contribution is -2.43. The van der Waals surface area contributed by atoms with E-state index in [0.717, 1.165) is 24.2 Å². The Morgan fingerprint density at radius 1 is 1.02 bits per heavy atom. The summed E-state index contributed by atoms with van der Waals surface area (Å²) < 4.78 is 11.4. The van der Waals surface area contributed by atoms with E-state index in [1.54, 1.807) is 50.3 Å². The summed E-state index contributed by atoms with van der Waals surface area (Å²) in [5.41, 5.74) is 2.61. The standard InChI is InChI=1S/C38H49N3O8S/c1-23-14-13-18-28-35(45)29(21-30-36(28)50-22-33(43)41-30)40-32(42)20-27(48-4)17-11-6-5-7-12-19-31(24(2)34(23)44)49-38(47)25(3)39-37(46)26-15-9-8-10-16-26/h5-7,11-12,14-15,17,21,24-25,27,31,34,44-45H,8-10,13,16,18-20,22H2,1-4H3,(H,39,46)(H,40,42)(H,41,43)/t24-,25+,27+,31+,34+/m1/s1. The van der Waals surface area contributed by atoms with Crippen LogP contribution in [0.4, 0.5) is 11.4 Å². The van der Waals surface area contributed by atoms with Crippen molar-refractivity contribution < 1.29 is 38.9 Å². The lowest BCUT2D eigenvalue weighted by molar-refractivity contribution is -0.156. The van der Waals surface area contributed by atoms with E-state index >= 15 is 0 Å². The molecule has 5 atom stereocenters. The molecule has 5 N–H and O–H groups in total. The summed E-state index contributed by atoms with van der Waals surface area (Å²) in [5, 5.41) is 31.1. The number of fused-ring (bicyclic) bond motifs is 4. The third-order valence-corrected chi connectivity index (χ3v) is 10.2. The van der Waals surface area contributed by atoms with Crippen molar-refractivity contribution in [2.75, 3.05) is 23.5 Å². The van der Waals surface area contributed by atoms with Crippen LogP contribution in [0.1, 0.15) is 71.3 Å². The number of carbonyl (C=O) groups is 4. The second kappa shape index (κ2) is 18.7. The minimum Gasteiger partial charge on any atom is -0.505 e. The summed E-state index contributed by atoms with van der Waals surface area (Å²) in [5.74, 6) is -1.80. The van der Waals surface area contributed by atoms with Gasteiger partial charge in [0, 0.05) is 35.5 Å². The maximum atomic E-state index is 13.2. The Hall–Kier alpha value is -4.13. The normalized spacial score (nSPS) is 24.3. The number of benzene rings is 1. The molecule has 0 saturated heterocycles. The third kappa shape index (κ3) is 10.7. The van der Waals surface area contributed by atoms with Crippen LogP contribution in [0.3, 0.4) is 0 Å². The van der Waals surface area contributed by atoms with Crippen LogP contribution in [-0.2, 0) is 35.1 Å². The van der Waals surface area contributed by atoms with Gasteiger partial charge in [-0.25, -0.2) is 4.79 Å². The highest BCUT2D eigenvalue weighted by Crippen LogP contribution is 2.44. The van der Waals surface area contributed by atoms with Crippen molar-refractivity contribution in [3.8, 4) is 5.75 Å². The Morgan fingerprint density at radius 3 is 2.52 bits per heavy atom. The molecule has 0 spiro atoms. The van der Waals surface area contributed by atoms with E-state index in [1.807, 2.05) is 25.2 Å². The maximum absolute atomic E-state index is 13.2. The fourth-order valence-corrected chi connectivity index (χ4v) is 7.02. The Balaban J connectivity index is 1.59. The second-order valence-electron chi connectivity index (χ2n) is 12.9.